The van der Waals surface area contributed by atoms with Gasteiger partial charge in [-0.1, -0.05) is 63.1 Å². The van der Waals surface area contributed by atoms with Crippen LogP contribution in [-0.4, -0.2) is 12.4 Å². The number of hydrogen-bond acceptors (Lipinski definition) is 3. The van der Waals surface area contributed by atoms with Crippen molar-refractivity contribution in [2.24, 2.45) is 9.98 Å². The lowest BCUT2D eigenvalue weighted by atomic mass is 10.1. The number of para-hydroxylation sites is 2. The minimum Gasteiger partial charge on any atom is -0.255 e. The van der Waals surface area contributed by atoms with Gasteiger partial charge in [0.15, 0.2) is 0 Å². The molecule has 1 aromatic heterocycles. The molecule has 0 spiro atoms. The fourth-order valence-corrected chi connectivity index (χ4v) is 3.76. The Morgan fingerprint density at radius 1 is 0.667 bits per heavy atom. The minimum atomic E-state index is 1.06. The van der Waals surface area contributed by atoms with Crippen molar-refractivity contribution in [3.8, 4) is 0 Å². The monoisotopic (exact) mass is 374 g/mol. The van der Waals surface area contributed by atoms with Gasteiger partial charge in [-0.05, 0) is 48.2 Å². The molecule has 138 valence electrons. The molecule has 3 aromatic rings. The molecular weight excluding hydrogens is 348 g/mol. The second-order valence-electron chi connectivity index (χ2n) is 6.51. The zero-order chi connectivity index (χ0) is 18.9. The smallest absolute Gasteiger partial charge is 0.0662 e. The Morgan fingerprint density at radius 3 is 1.56 bits per heavy atom. The van der Waals surface area contributed by atoms with E-state index in [9.17, 15) is 0 Å². The highest BCUT2D eigenvalue weighted by Crippen LogP contribution is 2.23. The summed E-state index contributed by atoms with van der Waals surface area (Å²) in [5.41, 5.74) is 4.75. The summed E-state index contributed by atoms with van der Waals surface area (Å²) in [7, 11) is 0. The van der Waals surface area contributed by atoms with E-state index >= 15 is 0 Å². The van der Waals surface area contributed by atoms with E-state index in [2.05, 4.69) is 62.4 Å². The van der Waals surface area contributed by atoms with Crippen molar-refractivity contribution in [1.82, 2.24) is 0 Å². The Morgan fingerprint density at radius 2 is 1.11 bits per heavy atom. The van der Waals surface area contributed by atoms with Gasteiger partial charge in [0.25, 0.3) is 0 Å². The Labute approximate surface area is 166 Å². The molecule has 1 heterocycles. The van der Waals surface area contributed by atoms with E-state index in [4.69, 9.17) is 9.98 Å². The lowest BCUT2D eigenvalue weighted by Crippen LogP contribution is -1.84. The number of aliphatic imine (C=N–C) groups is 2. The van der Waals surface area contributed by atoms with Gasteiger partial charge in [-0.2, -0.15) is 0 Å². The van der Waals surface area contributed by atoms with Crippen LogP contribution in [0.3, 0.4) is 0 Å². The molecule has 0 saturated heterocycles. The van der Waals surface area contributed by atoms with Crippen molar-refractivity contribution in [1.29, 1.82) is 0 Å². The second kappa shape index (κ2) is 9.98. The highest BCUT2D eigenvalue weighted by Gasteiger charge is 2.01. The number of rotatable bonds is 8. The summed E-state index contributed by atoms with van der Waals surface area (Å²) in [6.45, 7) is 4.40. The first kappa shape index (κ1) is 19.2. The van der Waals surface area contributed by atoms with E-state index in [0.717, 1.165) is 46.8 Å². The van der Waals surface area contributed by atoms with Crippen LogP contribution in [0.2, 0.25) is 0 Å². The molecule has 0 atom stereocenters. The van der Waals surface area contributed by atoms with E-state index in [1.807, 2.05) is 24.6 Å². The Balaban J connectivity index is 1.72. The number of thiophene rings is 1. The molecule has 27 heavy (non-hydrogen) atoms. The zero-order valence-electron chi connectivity index (χ0n) is 16.1. The predicted octanol–water partition coefficient (Wildman–Crippen LogP) is 7.15. The molecule has 0 aliphatic rings. The molecule has 0 radical (unpaired) electrons. The molecule has 3 heteroatoms. The lowest BCUT2D eigenvalue weighted by Gasteiger charge is -2.02. The topological polar surface area (TPSA) is 24.7 Å². The second-order valence-corrected chi connectivity index (χ2v) is 7.66. The first-order valence-corrected chi connectivity index (χ1v) is 10.5. The number of benzene rings is 2. The molecule has 0 fully saturated rings. The van der Waals surface area contributed by atoms with Crippen molar-refractivity contribution in [2.45, 2.75) is 39.5 Å². The molecule has 2 aromatic carbocycles. The van der Waals surface area contributed by atoms with Crippen LogP contribution < -0.4 is 0 Å². The molecule has 3 rings (SSSR count). The van der Waals surface area contributed by atoms with Crippen molar-refractivity contribution in [3.63, 3.8) is 0 Å². The molecule has 0 saturated carbocycles. The van der Waals surface area contributed by atoms with E-state index < -0.39 is 0 Å². The first-order chi connectivity index (χ1) is 13.3. The van der Waals surface area contributed by atoms with Gasteiger partial charge < -0.3 is 0 Å². The van der Waals surface area contributed by atoms with Gasteiger partial charge in [0.1, 0.15) is 0 Å². The maximum Gasteiger partial charge on any atom is 0.0662 e. The molecular formula is C24H26N2S. The SMILES string of the molecule is CCCc1ccccc1N=Cc1ccc(C=Nc2ccccc2CCC)s1. The maximum atomic E-state index is 4.71. The Bertz CT molecular complexity index is 847. The molecule has 0 aliphatic carbocycles. The van der Waals surface area contributed by atoms with Crippen LogP contribution in [0.15, 0.2) is 70.6 Å². The largest absolute Gasteiger partial charge is 0.255 e. The highest BCUT2D eigenvalue weighted by atomic mass is 32.1. The van der Waals surface area contributed by atoms with E-state index in [0.29, 0.717) is 0 Å². The zero-order valence-corrected chi connectivity index (χ0v) is 16.9. The van der Waals surface area contributed by atoms with Gasteiger partial charge in [0.2, 0.25) is 0 Å². The van der Waals surface area contributed by atoms with Crippen LogP contribution in [0.25, 0.3) is 0 Å². The number of nitrogens with zero attached hydrogens (tertiary/aromatic N) is 2. The van der Waals surface area contributed by atoms with E-state index in [-0.39, 0.29) is 0 Å². The van der Waals surface area contributed by atoms with Crippen molar-refractivity contribution >= 4 is 35.1 Å². The summed E-state index contributed by atoms with van der Waals surface area (Å²) in [6.07, 6.45) is 8.31. The quantitative estimate of drug-likeness (QED) is 0.374. The van der Waals surface area contributed by atoms with Gasteiger partial charge in [0, 0.05) is 22.2 Å². The summed E-state index contributed by atoms with van der Waals surface area (Å²) in [5.74, 6) is 0. The average molecular weight is 375 g/mol. The van der Waals surface area contributed by atoms with Crippen LogP contribution in [0.4, 0.5) is 11.4 Å². The van der Waals surface area contributed by atoms with Crippen molar-refractivity contribution < 1.29 is 0 Å². The number of aryl methyl sites for hydroxylation is 2. The Hall–Kier alpha value is -2.52. The minimum absolute atomic E-state index is 1.06. The molecule has 0 bridgehead atoms. The standard InChI is InChI=1S/C24H26N2S/c1-3-9-19-11-5-7-13-23(19)25-17-21-15-16-22(27-21)18-26-24-14-8-6-12-20(24)10-4-2/h5-8,11-18H,3-4,9-10H2,1-2H3. The fraction of sp³-hybridized carbons (Fsp3) is 0.250. The first-order valence-electron chi connectivity index (χ1n) is 9.64. The average Bonchev–Trinajstić information content (AvgIpc) is 3.15. The Kier molecular flexibility index (Phi) is 7.11. The van der Waals surface area contributed by atoms with Gasteiger partial charge in [-0.3, -0.25) is 9.98 Å². The molecule has 0 amide bonds. The van der Waals surface area contributed by atoms with Crippen molar-refractivity contribution in [3.05, 3.63) is 81.5 Å². The summed E-state index contributed by atoms with van der Waals surface area (Å²) >= 11 is 1.71. The molecule has 0 unspecified atom stereocenters. The summed E-state index contributed by atoms with van der Waals surface area (Å²) in [5, 5.41) is 0. The lowest BCUT2D eigenvalue weighted by molar-refractivity contribution is 0.922. The third kappa shape index (κ3) is 5.48. The predicted molar refractivity (Wildman–Crippen MR) is 120 cm³/mol. The van der Waals surface area contributed by atoms with Crippen LogP contribution >= 0.6 is 11.3 Å². The summed E-state index contributed by atoms with van der Waals surface area (Å²) in [6, 6.07) is 21.0. The molecule has 2 nitrogen and oxygen atoms in total. The van der Waals surface area contributed by atoms with Gasteiger partial charge in [-0.15, -0.1) is 11.3 Å². The third-order valence-corrected chi connectivity index (χ3v) is 5.29. The molecule has 0 aliphatic heterocycles. The maximum absolute atomic E-state index is 4.71. The summed E-state index contributed by atoms with van der Waals surface area (Å²) in [4.78, 5) is 11.7. The third-order valence-electron chi connectivity index (χ3n) is 4.33. The van der Waals surface area contributed by atoms with E-state index in [1.54, 1.807) is 11.3 Å². The molecule has 0 N–H and O–H groups in total. The normalized spacial score (nSPS) is 11.6. The van der Waals surface area contributed by atoms with Gasteiger partial charge >= 0.3 is 0 Å². The summed E-state index contributed by atoms with van der Waals surface area (Å²) < 4.78 is 0. The van der Waals surface area contributed by atoms with Crippen LogP contribution in [0, 0.1) is 0 Å². The van der Waals surface area contributed by atoms with E-state index in [1.165, 1.54) is 11.1 Å². The van der Waals surface area contributed by atoms with Crippen molar-refractivity contribution in [2.75, 3.05) is 0 Å². The van der Waals surface area contributed by atoms with Crippen LogP contribution in [0.5, 0.6) is 0 Å². The van der Waals surface area contributed by atoms with Gasteiger partial charge in [-0.25, -0.2) is 0 Å². The van der Waals surface area contributed by atoms with Crippen LogP contribution in [0.1, 0.15) is 47.6 Å². The fourth-order valence-electron chi connectivity index (χ4n) is 3.01. The highest BCUT2D eigenvalue weighted by molar-refractivity contribution is 7.15. The van der Waals surface area contributed by atoms with Crippen LogP contribution in [-0.2, 0) is 12.8 Å². The number of hydrogen-bond donors (Lipinski definition) is 0. The van der Waals surface area contributed by atoms with Gasteiger partial charge in [0.05, 0.1) is 11.4 Å².